The largest absolute Gasteiger partial charge is 0.434 e. The molecule has 0 bridgehead atoms. The zero-order valence-electron chi connectivity index (χ0n) is 19.9. The minimum absolute atomic E-state index is 0.00575. The van der Waals surface area contributed by atoms with E-state index in [0.717, 1.165) is 16.7 Å². The third kappa shape index (κ3) is 6.32. The van der Waals surface area contributed by atoms with Gasteiger partial charge in [0.05, 0.1) is 30.7 Å². The predicted molar refractivity (Wildman–Crippen MR) is 124 cm³/mol. The third-order valence-electron chi connectivity index (χ3n) is 5.75. The van der Waals surface area contributed by atoms with E-state index in [9.17, 15) is 26.7 Å². The highest BCUT2D eigenvalue weighted by Gasteiger charge is 2.46. The summed E-state index contributed by atoms with van der Waals surface area (Å²) in [4.78, 5) is 29.5. The van der Waals surface area contributed by atoms with Gasteiger partial charge in [-0.3, -0.25) is 14.8 Å². The lowest BCUT2D eigenvalue weighted by molar-refractivity contribution is -0.148. The van der Waals surface area contributed by atoms with Crippen molar-refractivity contribution in [1.29, 1.82) is 0 Å². The number of aliphatic imine (C=N–C) groups is 1. The summed E-state index contributed by atoms with van der Waals surface area (Å²) in [6.07, 6.45) is -0.797. The normalized spacial score (nSPS) is 20.8. The fourth-order valence-corrected chi connectivity index (χ4v) is 4.01. The summed E-state index contributed by atoms with van der Waals surface area (Å²) in [6, 6.07) is 2.68. The van der Waals surface area contributed by atoms with Crippen molar-refractivity contribution in [2.24, 2.45) is 16.6 Å². The van der Waals surface area contributed by atoms with Crippen LogP contribution in [-0.2, 0) is 11.0 Å². The van der Waals surface area contributed by atoms with Gasteiger partial charge in [0.2, 0.25) is 0 Å². The highest BCUT2D eigenvalue weighted by atomic mass is 19.4. The Morgan fingerprint density at radius 1 is 1.31 bits per heavy atom. The van der Waals surface area contributed by atoms with Crippen LogP contribution in [0, 0.1) is 12.8 Å². The predicted octanol–water partition coefficient (Wildman–Crippen LogP) is 3.55. The number of alkyl halides is 5. The van der Waals surface area contributed by atoms with E-state index in [-0.39, 0.29) is 23.6 Å². The Morgan fingerprint density at radius 2 is 2.03 bits per heavy atom. The van der Waals surface area contributed by atoms with E-state index in [2.05, 4.69) is 25.3 Å². The van der Waals surface area contributed by atoms with Crippen LogP contribution in [-0.4, -0.2) is 64.1 Å². The lowest BCUT2D eigenvalue weighted by atomic mass is 9.88. The molecule has 13 heteroatoms. The van der Waals surface area contributed by atoms with Crippen LogP contribution in [0.4, 0.5) is 27.8 Å². The highest BCUT2D eigenvalue weighted by Crippen LogP contribution is 2.35. The number of carbonyl (C=O) groups excluding carboxylic acids is 1. The van der Waals surface area contributed by atoms with Gasteiger partial charge < -0.3 is 16.0 Å². The molecule has 0 aliphatic carbocycles. The molecule has 0 aromatic carbocycles. The molecular formula is C23H26F5N7O. The van der Waals surface area contributed by atoms with Crippen LogP contribution in [0.3, 0.4) is 0 Å². The van der Waals surface area contributed by atoms with Crippen molar-refractivity contribution >= 4 is 23.5 Å². The standard InChI is InChI=1S/C23H26F5N7O/c1-13-4-5-31-16(6-13)15(8-30-3)20(29)21(36)35-12-22(24,25)7-14(2)17(35)9-33-19-11-32-18(10-34-19)23(26,27)28/h4-6,8,10-11,14,17H,7,9,12,29H2,1-3H3,(H,33,34)/t14-,17-/m1/s1. The van der Waals surface area contributed by atoms with E-state index in [1.165, 1.54) is 19.5 Å². The summed E-state index contributed by atoms with van der Waals surface area (Å²) in [6.45, 7) is 2.45. The van der Waals surface area contributed by atoms with Crippen molar-refractivity contribution in [3.63, 3.8) is 0 Å². The van der Waals surface area contributed by atoms with Gasteiger partial charge in [0, 0.05) is 38.0 Å². The van der Waals surface area contributed by atoms with Crippen LogP contribution in [0.1, 0.15) is 30.3 Å². The van der Waals surface area contributed by atoms with E-state index in [0.29, 0.717) is 11.9 Å². The van der Waals surface area contributed by atoms with Gasteiger partial charge >= 0.3 is 6.18 Å². The van der Waals surface area contributed by atoms with Crippen molar-refractivity contribution in [3.05, 3.63) is 53.4 Å². The summed E-state index contributed by atoms with van der Waals surface area (Å²) in [7, 11) is 1.47. The smallest absolute Gasteiger partial charge is 0.394 e. The number of amides is 1. The van der Waals surface area contributed by atoms with Crippen molar-refractivity contribution in [1.82, 2.24) is 19.9 Å². The van der Waals surface area contributed by atoms with Gasteiger partial charge in [-0.2, -0.15) is 13.2 Å². The fourth-order valence-electron chi connectivity index (χ4n) is 4.01. The number of rotatable bonds is 6. The van der Waals surface area contributed by atoms with Crippen molar-refractivity contribution < 1.29 is 26.7 Å². The number of anilines is 1. The second-order valence-corrected chi connectivity index (χ2v) is 8.64. The number of aryl methyl sites for hydroxylation is 1. The summed E-state index contributed by atoms with van der Waals surface area (Å²) in [5.74, 6) is -4.64. The van der Waals surface area contributed by atoms with Gasteiger partial charge in [0.25, 0.3) is 11.8 Å². The number of aromatic nitrogens is 3. The Hall–Kier alpha value is -3.64. The topological polar surface area (TPSA) is 109 Å². The van der Waals surface area contributed by atoms with E-state index in [1.54, 1.807) is 19.1 Å². The van der Waals surface area contributed by atoms with Crippen LogP contribution < -0.4 is 11.1 Å². The zero-order valence-corrected chi connectivity index (χ0v) is 19.9. The molecule has 0 saturated carbocycles. The van der Waals surface area contributed by atoms with Gasteiger partial charge in [-0.25, -0.2) is 18.7 Å². The van der Waals surface area contributed by atoms with Crippen LogP contribution in [0.15, 0.2) is 41.4 Å². The number of hydrogen-bond acceptors (Lipinski definition) is 7. The molecule has 194 valence electrons. The van der Waals surface area contributed by atoms with E-state index < -0.39 is 48.6 Å². The number of nitrogens with zero attached hydrogens (tertiary/aromatic N) is 5. The molecule has 1 aliphatic rings. The third-order valence-corrected chi connectivity index (χ3v) is 5.75. The molecule has 0 radical (unpaired) electrons. The molecule has 1 saturated heterocycles. The Balaban J connectivity index is 1.90. The van der Waals surface area contributed by atoms with Crippen molar-refractivity contribution in [2.75, 3.05) is 25.5 Å². The van der Waals surface area contributed by atoms with Crippen molar-refractivity contribution in [3.8, 4) is 0 Å². The summed E-state index contributed by atoms with van der Waals surface area (Å²) in [5, 5.41) is 2.79. The van der Waals surface area contributed by atoms with Gasteiger partial charge in [-0.1, -0.05) is 6.92 Å². The quantitative estimate of drug-likeness (QED) is 0.349. The maximum atomic E-state index is 14.5. The van der Waals surface area contributed by atoms with Gasteiger partial charge in [-0.05, 0) is 30.5 Å². The second-order valence-electron chi connectivity index (χ2n) is 8.64. The summed E-state index contributed by atoms with van der Waals surface area (Å²) >= 11 is 0. The molecule has 2 aromatic rings. The number of allylic oxidation sites excluding steroid dienone is 1. The van der Waals surface area contributed by atoms with Gasteiger partial charge in [0.15, 0.2) is 5.69 Å². The molecule has 1 aliphatic heterocycles. The highest BCUT2D eigenvalue weighted by molar-refractivity contribution is 6.18. The number of hydrogen-bond donors (Lipinski definition) is 2. The second kappa shape index (κ2) is 10.5. The number of nitrogens with two attached hydrogens (primary N) is 1. The van der Waals surface area contributed by atoms with Crippen LogP contribution >= 0.6 is 0 Å². The minimum atomic E-state index is -4.65. The average molecular weight is 511 g/mol. The molecule has 0 spiro atoms. The molecule has 1 fully saturated rings. The molecule has 2 atom stereocenters. The first-order valence-corrected chi connectivity index (χ1v) is 11.0. The minimum Gasteiger partial charge on any atom is -0.394 e. The summed E-state index contributed by atoms with van der Waals surface area (Å²) in [5.41, 5.74) is 6.11. The molecule has 36 heavy (non-hydrogen) atoms. The Labute approximate surface area is 204 Å². The van der Waals surface area contributed by atoms with E-state index in [1.807, 2.05) is 6.92 Å². The molecule has 1 amide bonds. The number of nitrogens with one attached hydrogen (secondary N) is 1. The molecule has 3 rings (SSSR count). The van der Waals surface area contributed by atoms with E-state index in [4.69, 9.17) is 5.73 Å². The zero-order chi connectivity index (χ0) is 26.7. The maximum Gasteiger partial charge on any atom is 0.434 e. The van der Waals surface area contributed by atoms with Gasteiger partial charge in [-0.15, -0.1) is 0 Å². The molecule has 0 unspecified atom stereocenters. The van der Waals surface area contributed by atoms with Crippen LogP contribution in [0.25, 0.3) is 5.57 Å². The molecule has 3 heterocycles. The van der Waals surface area contributed by atoms with Crippen LogP contribution in [0.2, 0.25) is 0 Å². The monoisotopic (exact) mass is 511 g/mol. The maximum absolute atomic E-state index is 14.5. The fraction of sp³-hybridized carbons (Fsp3) is 0.435. The molecule has 3 N–H and O–H groups in total. The lowest BCUT2D eigenvalue weighted by Gasteiger charge is -2.43. The average Bonchev–Trinajstić information content (AvgIpc) is 2.80. The SMILES string of the molecule is CN=CC(=C(N)C(=O)N1CC(F)(F)C[C@@H](C)[C@H]1CNc1cnc(C(F)(F)F)cn1)c1cc(C)ccn1. The number of pyridine rings is 1. The molecular weight excluding hydrogens is 485 g/mol. The molecule has 2 aromatic heterocycles. The first-order valence-electron chi connectivity index (χ1n) is 11.0. The number of carbonyl (C=O) groups is 1. The Morgan fingerprint density at radius 3 is 2.61 bits per heavy atom. The number of piperidine rings is 1. The van der Waals surface area contributed by atoms with Gasteiger partial charge in [0.1, 0.15) is 11.5 Å². The van der Waals surface area contributed by atoms with E-state index >= 15 is 0 Å². The first-order chi connectivity index (χ1) is 16.8. The first kappa shape index (κ1) is 27.0. The lowest BCUT2D eigenvalue weighted by Crippen LogP contribution is -2.58. The number of likely N-dealkylation sites (tertiary alicyclic amines) is 1. The van der Waals surface area contributed by atoms with Crippen molar-refractivity contribution in [2.45, 2.75) is 38.4 Å². The summed E-state index contributed by atoms with van der Waals surface area (Å²) < 4.78 is 67.2. The van der Waals surface area contributed by atoms with Crippen LogP contribution in [0.5, 0.6) is 0 Å². The molecule has 8 nitrogen and oxygen atoms in total. The Bertz CT molecular complexity index is 1150. The number of halogens is 5. The Kier molecular flexibility index (Phi) is 7.89.